The number of halogens is 3. The van der Waals surface area contributed by atoms with Crippen LogP contribution in [0.25, 0.3) is 0 Å². The van der Waals surface area contributed by atoms with Gasteiger partial charge in [0.1, 0.15) is 5.75 Å². The number of aryl methyl sites for hydroxylation is 1. The number of nitrogens with one attached hydrogen (secondary N) is 1. The Hall–Kier alpha value is -3.49. The lowest BCUT2D eigenvalue weighted by molar-refractivity contribution is -0.222. The summed E-state index contributed by atoms with van der Waals surface area (Å²) in [6.45, 7) is 8.58. The summed E-state index contributed by atoms with van der Waals surface area (Å²) in [5.74, 6) is -2.69. The summed E-state index contributed by atoms with van der Waals surface area (Å²) in [5.41, 5.74) is 0.258. The first-order chi connectivity index (χ1) is 15.3. The molecule has 1 N–H and O–H groups in total. The van der Waals surface area contributed by atoms with Crippen LogP contribution in [0.3, 0.4) is 0 Å². The average molecular weight is 463 g/mol. The lowest BCUT2D eigenvalue weighted by Gasteiger charge is -2.29. The predicted molar refractivity (Wildman–Crippen MR) is 115 cm³/mol. The normalized spacial score (nSPS) is 15.7. The molecule has 1 aliphatic rings. The number of alkyl halides is 3. The van der Waals surface area contributed by atoms with E-state index in [-0.39, 0.29) is 17.4 Å². The molecule has 2 aromatic carbocycles. The maximum absolute atomic E-state index is 13.3. The van der Waals surface area contributed by atoms with Gasteiger partial charge >= 0.3 is 18.1 Å². The third kappa shape index (κ3) is 5.66. The van der Waals surface area contributed by atoms with Crippen LogP contribution in [0.5, 0.6) is 11.5 Å². The van der Waals surface area contributed by atoms with Gasteiger partial charge in [0, 0.05) is 20.0 Å². The van der Waals surface area contributed by atoms with Gasteiger partial charge in [0.05, 0.1) is 11.3 Å². The van der Waals surface area contributed by atoms with E-state index in [4.69, 9.17) is 14.2 Å². The molecule has 1 aliphatic heterocycles. The Bertz CT molecular complexity index is 1100. The van der Waals surface area contributed by atoms with E-state index in [1.165, 1.54) is 19.9 Å². The fourth-order valence-corrected chi connectivity index (χ4v) is 3.16. The zero-order chi connectivity index (χ0) is 24.6. The summed E-state index contributed by atoms with van der Waals surface area (Å²) in [5, 5.41) is 2.58. The SMILES string of the molecule is Cc1ccc(C(C)C)c(Oc2ccc(C(F)(F)F)cc2NC=C2C(=O)OC(C)(C)OC2=O)c1. The van der Waals surface area contributed by atoms with Gasteiger partial charge in [0.2, 0.25) is 0 Å². The van der Waals surface area contributed by atoms with Crippen LogP contribution in [0.4, 0.5) is 18.9 Å². The maximum Gasteiger partial charge on any atom is 0.416 e. The summed E-state index contributed by atoms with van der Waals surface area (Å²) >= 11 is 0. The molecule has 1 saturated heterocycles. The molecule has 1 heterocycles. The van der Waals surface area contributed by atoms with Crippen molar-refractivity contribution in [1.29, 1.82) is 0 Å². The molecule has 0 unspecified atom stereocenters. The molecule has 33 heavy (non-hydrogen) atoms. The molecular weight excluding hydrogens is 439 g/mol. The van der Waals surface area contributed by atoms with Gasteiger partial charge in [-0.15, -0.1) is 0 Å². The van der Waals surface area contributed by atoms with E-state index in [1.54, 1.807) is 6.07 Å². The van der Waals surface area contributed by atoms with Crippen molar-refractivity contribution in [2.24, 2.45) is 0 Å². The van der Waals surface area contributed by atoms with E-state index in [9.17, 15) is 22.8 Å². The number of anilines is 1. The zero-order valence-electron chi connectivity index (χ0n) is 18.8. The minimum atomic E-state index is -4.61. The van der Waals surface area contributed by atoms with Crippen LogP contribution in [0.1, 0.15) is 50.3 Å². The second kappa shape index (κ2) is 8.80. The van der Waals surface area contributed by atoms with E-state index in [0.29, 0.717) is 5.75 Å². The maximum atomic E-state index is 13.3. The van der Waals surface area contributed by atoms with Crippen molar-refractivity contribution in [1.82, 2.24) is 0 Å². The number of rotatable bonds is 5. The third-order valence-electron chi connectivity index (χ3n) is 4.81. The standard InChI is InChI=1S/C24H24F3NO5/c1-13(2)16-8-6-14(3)10-20(16)31-19-9-7-15(24(25,26)27)11-18(19)28-12-17-21(29)32-23(4,5)33-22(17)30/h6-13,28H,1-5H3. The summed E-state index contributed by atoms with van der Waals surface area (Å²) < 4.78 is 56.0. The molecule has 0 bridgehead atoms. The van der Waals surface area contributed by atoms with Gasteiger partial charge in [-0.1, -0.05) is 26.0 Å². The van der Waals surface area contributed by atoms with Crippen molar-refractivity contribution < 1.29 is 37.0 Å². The number of cyclic esters (lactones) is 2. The number of ether oxygens (including phenoxy) is 3. The number of esters is 2. The number of hydrogen-bond donors (Lipinski definition) is 1. The molecule has 176 valence electrons. The summed E-state index contributed by atoms with van der Waals surface area (Å²) in [6.07, 6.45) is -3.66. The van der Waals surface area contributed by atoms with Crippen molar-refractivity contribution in [3.8, 4) is 11.5 Å². The minimum Gasteiger partial charge on any atom is -0.455 e. The molecular formula is C24H24F3NO5. The Labute approximate surface area is 189 Å². The fourth-order valence-electron chi connectivity index (χ4n) is 3.16. The van der Waals surface area contributed by atoms with Crippen molar-refractivity contribution >= 4 is 17.6 Å². The third-order valence-corrected chi connectivity index (χ3v) is 4.81. The number of carbonyl (C=O) groups excluding carboxylic acids is 2. The molecule has 0 radical (unpaired) electrons. The first kappa shape index (κ1) is 24.2. The monoisotopic (exact) mass is 463 g/mol. The Morgan fingerprint density at radius 1 is 1.00 bits per heavy atom. The Balaban J connectivity index is 2.01. The first-order valence-corrected chi connectivity index (χ1v) is 10.2. The van der Waals surface area contributed by atoms with Crippen LogP contribution in [-0.2, 0) is 25.2 Å². The first-order valence-electron chi connectivity index (χ1n) is 10.2. The van der Waals surface area contributed by atoms with E-state index < -0.39 is 35.0 Å². The van der Waals surface area contributed by atoms with Crippen LogP contribution in [-0.4, -0.2) is 17.7 Å². The topological polar surface area (TPSA) is 73.9 Å². The van der Waals surface area contributed by atoms with E-state index in [0.717, 1.165) is 29.5 Å². The van der Waals surface area contributed by atoms with Gasteiger partial charge in [0.15, 0.2) is 11.3 Å². The fraction of sp³-hybridized carbons (Fsp3) is 0.333. The van der Waals surface area contributed by atoms with Crippen molar-refractivity contribution in [2.75, 3.05) is 5.32 Å². The average Bonchev–Trinajstić information content (AvgIpc) is 2.66. The molecule has 6 nitrogen and oxygen atoms in total. The molecule has 0 atom stereocenters. The van der Waals surface area contributed by atoms with E-state index >= 15 is 0 Å². The molecule has 0 aliphatic carbocycles. The summed E-state index contributed by atoms with van der Waals surface area (Å²) in [7, 11) is 0. The lowest BCUT2D eigenvalue weighted by atomic mass is 10.0. The Morgan fingerprint density at radius 3 is 2.21 bits per heavy atom. The summed E-state index contributed by atoms with van der Waals surface area (Å²) in [4.78, 5) is 24.3. The largest absolute Gasteiger partial charge is 0.455 e. The Morgan fingerprint density at radius 2 is 1.64 bits per heavy atom. The van der Waals surface area contributed by atoms with Crippen LogP contribution >= 0.6 is 0 Å². The Kier molecular flexibility index (Phi) is 6.44. The van der Waals surface area contributed by atoms with E-state index in [2.05, 4.69) is 5.32 Å². The molecule has 1 fully saturated rings. The quantitative estimate of drug-likeness (QED) is 0.330. The highest BCUT2D eigenvalue weighted by Crippen LogP contribution is 2.39. The highest BCUT2D eigenvalue weighted by molar-refractivity contribution is 6.15. The number of benzene rings is 2. The smallest absolute Gasteiger partial charge is 0.416 e. The van der Waals surface area contributed by atoms with Gasteiger partial charge < -0.3 is 19.5 Å². The highest BCUT2D eigenvalue weighted by Gasteiger charge is 2.39. The summed E-state index contributed by atoms with van der Waals surface area (Å²) in [6, 6.07) is 8.50. The highest BCUT2D eigenvalue weighted by atomic mass is 19.4. The lowest BCUT2D eigenvalue weighted by Crippen LogP contribution is -2.42. The van der Waals surface area contributed by atoms with Gasteiger partial charge in [-0.25, -0.2) is 9.59 Å². The van der Waals surface area contributed by atoms with Gasteiger partial charge in [-0.05, 0) is 48.2 Å². The second-order valence-electron chi connectivity index (χ2n) is 8.39. The molecule has 0 amide bonds. The van der Waals surface area contributed by atoms with Gasteiger partial charge in [-0.2, -0.15) is 13.2 Å². The molecule has 0 spiro atoms. The zero-order valence-corrected chi connectivity index (χ0v) is 18.8. The van der Waals surface area contributed by atoms with Crippen molar-refractivity contribution in [2.45, 2.75) is 52.5 Å². The second-order valence-corrected chi connectivity index (χ2v) is 8.39. The van der Waals surface area contributed by atoms with Crippen LogP contribution < -0.4 is 10.1 Å². The van der Waals surface area contributed by atoms with Crippen LogP contribution in [0.15, 0.2) is 48.2 Å². The predicted octanol–water partition coefficient (Wildman–Crippen LogP) is 6.06. The van der Waals surface area contributed by atoms with Gasteiger partial charge in [-0.3, -0.25) is 0 Å². The molecule has 0 saturated carbocycles. The van der Waals surface area contributed by atoms with Gasteiger partial charge in [0.25, 0.3) is 5.79 Å². The minimum absolute atomic E-state index is 0.0743. The molecule has 0 aromatic heterocycles. The van der Waals surface area contributed by atoms with Crippen LogP contribution in [0.2, 0.25) is 0 Å². The van der Waals surface area contributed by atoms with E-state index in [1.807, 2.05) is 32.9 Å². The molecule has 3 rings (SSSR count). The van der Waals surface area contributed by atoms with Crippen molar-refractivity contribution in [3.05, 3.63) is 64.9 Å². The van der Waals surface area contributed by atoms with Crippen molar-refractivity contribution in [3.63, 3.8) is 0 Å². The van der Waals surface area contributed by atoms with Crippen LogP contribution in [0, 0.1) is 6.92 Å². The molecule has 9 heteroatoms. The number of hydrogen-bond acceptors (Lipinski definition) is 6. The molecule has 2 aromatic rings. The number of carbonyl (C=O) groups is 2.